The molecule has 1 amide bonds. The van der Waals surface area contributed by atoms with E-state index in [1.807, 2.05) is 31.2 Å². The van der Waals surface area contributed by atoms with E-state index < -0.39 is 0 Å². The molecule has 0 aliphatic rings. The quantitative estimate of drug-likeness (QED) is 0.175. The van der Waals surface area contributed by atoms with Crippen LogP contribution in [0.25, 0.3) is 10.2 Å². The topological polar surface area (TPSA) is 72.8 Å². The Hall–Kier alpha value is -3.43. The lowest BCUT2D eigenvalue weighted by Crippen LogP contribution is -2.19. The minimum Gasteiger partial charge on any atom is -0.490 e. The lowest BCUT2D eigenvalue weighted by Gasteiger charge is -2.13. The average molecular weight is 496 g/mol. The second kappa shape index (κ2) is 11.6. The number of hydrazone groups is 1. The molecule has 4 aromatic rings. The Labute approximate surface area is 204 Å². The van der Waals surface area contributed by atoms with Gasteiger partial charge in [0.05, 0.1) is 28.8 Å². The van der Waals surface area contributed by atoms with E-state index in [0.717, 1.165) is 20.1 Å². The van der Waals surface area contributed by atoms with Crippen LogP contribution in [0.5, 0.6) is 11.5 Å². The number of carbonyl (C=O) groups is 1. The number of carbonyl (C=O) groups excluding carboxylic acids is 1. The summed E-state index contributed by atoms with van der Waals surface area (Å²) < 4.78 is 27.2. The zero-order valence-electron chi connectivity index (χ0n) is 18.4. The van der Waals surface area contributed by atoms with Crippen molar-refractivity contribution in [2.24, 2.45) is 5.10 Å². The van der Waals surface area contributed by atoms with Crippen LogP contribution in [0.2, 0.25) is 0 Å². The number of hydrogen-bond donors (Lipinski definition) is 1. The van der Waals surface area contributed by atoms with Crippen LogP contribution >= 0.6 is 23.1 Å². The lowest BCUT2D eigenvalue weighted by atomic mass is 10.2. The molecule has 0 saturated carbocycles. The summed E-state index contributed by atoms with van der Waals surface area (Å²) in [4.78, 5) is 16.7. The maximum Gasteiger partial charge on any atom is 0.250 e. The summed E-state index contributed by atoms with van der Waals surface area (Å²) in [5.41, 5.74) is 4.64. The van der Waals surface area contributed by atoms with Crippen molar-refractivity contribution in [3.63, 3.8) is 0 Å². The van der Waals surface area contributed by atoms with Gasteiger partial charge in [-0.15, -0.1) is 11.3 Å². The Bertz CT molecular complexity index is 1280. The van der Waals surface area contributed by atoms with Crippen LogP contribution in [0.15, 0.2) is 76.2 Å². The van der Waals surface area contributed by atoms with Gasteiger partial charge in [-0.25, -0.2) is 14.8 Å². The fourth-order valence-corrected chi connectivity index (χ4v) is 4.88. The van der Waals surface area contributed by atoms with Crippen LogP contribution < -0.4 is 14.9 Å². The predicted octanol–water partition coefficient (Wildman–Crippen LogP) is 5.66. The fourth-order valence-electron chi connectivity index (χ4n) is 3.01. The third kappa shape index (κ3) is 6.33. The van der Waals surface area contributed by atoms with Crippen molar-refractivity contribution in [2.45, 2.75) is 17.9 Å². The largest absolute Gasteiger partial charge is 0.490 e. The van der Waals surface area contributed by atoms with E-state index in [-0.39, 0.29) is 24.1 Å². The van der Waals surface area contributed by atoms with E-state index in [4.69, 9.17) is 9.47 Å². The Morgan fingerprint density at radius 3 is 2.76 bits per heavy atom. The number of halogens is 1. The summed E-state index contributed by atoms with van der Waals surface area (Å²) in [6.07, 6.45) is 1.53. The van der Waals surface area contributed by atoms with Crippen molar-refractivity contribution >= 4 is 45.4 Å². The highest BCUT2D eigenvalue weighted by atomic mass is 32.2. The first-order valence-corrected chi connectivity index (χ1v) is 12.4. The molecule has 9 heteroatoms. The van der Waals surface area contributed by atoms with E-state index in [0.29, 0.717) is 23.7 Å². The monoisotopic (exact) mass is 495 g/mol. The number of benzene rings is 3. The van der Waals surface area contributed by atoms with Crippen molar-refractivity contribution in [1.29, 1.82) is 0 Å². The van der Waals surface area contributed by atoms with E-state index in [2.05, 4.69) is 15.5 Å². The van der Waals surface area contributed by atoms with Crippen LogP contribution in [0.1, 0.15) is 18.1 Å². The number of para-hydroxylation sites is 1. The number of amides is 1. The smallest absolute Gasteiger partial charge is 0.250 e. The highest BCUT2D eigenvalue weighted by molar-refractivity contribution is 8.01. The van der Waals surface area contributed by atoms with Gasteiger partial charge in [0.1, 0.15) is 12.4 Å². The molecule has 0 bridgehead atoms. The zero-order valence-corrected chi connectivity index (χ0v) is 20.0. The number of thioether (sulfide) groups is 1. The Morgan fingerprint density at radius 1 is 1.12 bits per heavy atom. The summed E-state index contributed by atoms with van der Waals surface area (Å²) in [5, 5.41) is 4.03. The van der Waals surface area contributed by atoms with Crippen LogP contribution in [-0.4, -0.2) is 29.5 Å². The van der Waals surface area contributed by atoms with E-state index in [9.17, 15) is 9.18 Å². The number of nitrogens with one attached hydrogen (secondary N) is 1. The first kappa shape index (κ1) is 23.7. The van der Waals surface area contributed by atoms with Crippen molar-refractivity contribution in [3.8, 4) is 11.5 Å². The maximum atomic E-state index is 13.8. The fraction of sp³-hybridized carbons (Fsp3) is 0.160. The van der Waals surface area contributed by atoms with Crippen LogP contribution in [0.3, 0.4) is 0 Å². The van der Waals surface area contributed by atoms with Gasteiger partial charge in [0.15, 0.2) is 15.8 Å². The van der Waals surface area contributed by atoms with Crippen LogP contribution in [0.4, 0.5) is 4.39 Å². The van der Waals surface area contributed by atoms with Gasteiger partial charge < -0.3 is 9.47 Å². The van der Waals surface area contributed by atoms with E-state index >= 15 is 0 Å². The molecule has 0 atom stereocenters. The van der Waals surface area contributed by atoms with Gasteiger partial charge in [-0.1, -0.05) is 42.1 Å². The van der Waals surface area contributed by atoms with Crippen molar-refractivity contribution in [2.75, 3.05) is 12.4 Å². The molecule has 0 radical (unpaired) electrons. The normalized spacial score (nSPS) is 11.1. The zero-order chi connectivity index (χ0) is 23.8. The molecule has 3 aromatic carbocycles. The van der Waals surface area contributed by atoms with Crippen LogP contribution in [0, 0.1) is 5.82 Å². The minimum absolute atomic E-state index is 0.0859. The molecular formula is C25H22FN3O3S2. The number of nitrogens with zero attached hydrogens (tertiary/aromatic N) is 2. The van der Waals surface area contributed by atoms with Gasteiger partial charge in [-0.05, 0) is 48.9 Å². The molecule has 1 aromatic heterocycles. The molecule has 174 valence electrons. The number of thiazole rings is 1. The molecule has 0 unspecified atom stereocenters. The van der Waals surface area contributed by atoms with Crippen molar-refractivity contribution in [1.82, 2.24) is 10.4 Å². The summed E-state index contributed by atoms with van der Waals surface area (Å²) in [6.45, 7) is 2.39. The third-order valence-corrected chi connectivity index (χ3v) is 6.79. The number of ether oxygens (including phenoxy) is 2. The molecule has 0 aliphatic heterocycles. The molecule has 4 rings (SSSR count). The number of fused-ring (bicyclic) bond motifs is 1. The van der Waals surface area contributed by atoms with Crippen LogP contribution in [-0.2, 0) is 11.4 Å². The standard InChI is InChI=1S/C25H22FN3O3S2/c1-2-31-22-13-17(11-12-21(22)32-15-18-7-3-4-8-19(18)26)14-27-29-24(30)16-33-25-28-20-9-5-6-10-23(20)34-25/h3-14H,2,15-16H2,1H3,(H,29,30)/b27-14+. The Morgan fingerprint density at radius 2 is 1.94 bits per heavy atom. The van der Waals surface area contributed by atoms with Gasteiger partial charge in [-0.3, -0.25) is 4.79 Å². The van der Waals surface area contributed by atoms with Gasteiger partial charge in [-0.2, -0.15) is 5.10 Å². The second-order valence-electron chi connectivity index (χ2n) is 7.05. The maximum absolute atomic E-state index is 13.8. The van der Waals surface area contributed by atoms with E-state index in [1.165, 1.54) is 24.0 Å². The third-order valence-electron chi connectivity index (χ3n) is 4.61. The highest BCUT2D eigenvalue weighted by Crippen LogP contribution is 2.30. The molecule has 0 aliphatic carbocycles. The average Bonchev–Trinajstić information content (AvgIpc) is 3.26. The first-order chi connectivity index (χ1) is 16.6. The molecular weight excluding hydrogens is 473 g/mol. The molecule has 34 heavy (non-hydrogen) atoms. The molecule has 1 N–H and O–H groups in total. The number of rotatable bonds is 10. The minimum atomic E-state index is -0.318. The molecule has 1 heterocycles. The lowest BCUT2D eigenvalue weighted by molar-refractivity contribution is -0.118. The number of aromatic nitrogens is 1. The summed E-state index contributed by atoms with van der Waals surface area (Å²) in [5.74, 6) is 0.681. The summed E-state index contributed by atoms with van der Waals surface area (Å²) >= 11 is 2.93. The van der Waals surface area contributed by atoms with Crippen molar-refractivity contribution < 1.29 is 18.7 Å². The van der Waals surface area contributed by atoms with Gasteiger partial charge in [0, 0.05) is 5.56 Å². The molecule has 0 saturated heterocycles. The molecule has 0 fully saturated rings. The highest BCUT2D eigenvalue weighted by Gasteiger charge is 2.09. The Balaban J connectivity index is 1.32. The van der Waals surface area contributed by atoms with Gasteiger partial charge >= 0.3 is 0 Å². The van der Waals surface area contributed by atoms with Gasteiger partial charge in [0.2, 0.25) is 0 Å². The molecule has 0 spiro atoms. The molecule has 6 nitrogen and oxygen atoms in total. The van der Waals surface area contributed by atoms with Crippen molar-refractivity contribution in [3.05, 3.63) is 83.7 Å². The number of hydrogen-bond acceptors (Lipinski definition) is 7. The van der Waals surface area contributed by atoms with E-state index in [1.54, 1.807) is 47.7 Å². The second-order valence-corrected chi connectivity index (χ2v) is 9.30. The van der Waals surface area contributed by atoms with Gasteiger partial charge in [0.25, 0.3) is 5.91 Å². The first-order valence-electron chi connectivity index (χ1n) is 10.6. The summed E-state index contributed by atoms with van der Waals surface area (Å²) in [6, 6.07) is 19.6. The summed E-state index contributed by atoms with van der Waals surface area (Å²) in [7, 11) is 0. The predicted molar refractivity (Wildman–Crippen MR) is 134 cm³/mol. The Kier molecular flexibility index (Phi) is 8.11. The SMILES string of the molecule is CCOc1cc(/C=N/NC(=O)CSc2nc3ccccc3s2)ccc1OCc1ccccc1F.